The number of aromatic nitrogens is 4. The quantitative estimate of drug-likeness (QED) is 0.751. The average molecular weight is 358 g/mol. The normalized spacial score (nSPS) is 10.9. The van der Waals surface area contributed by atoms with Crippen LogP contribution in [0.25, 0.3) is 11.3 Å². The molecule has 0 saturated carbocycles. The van der Waals surface area contributed by atoms with Gasteiger partial charge >= 0.3 is 6.03 Å². The summed E-state index contributed by atoms with van der Waals surface area (Å²) in [5.74, 6) is 1.17. The van der Waals surface area contributed by atoms with Gasteiger partial charge in [-0.05, 0) is 0 Å². The smallest absolute Gasteiger partial charge is 0.322 e. The molecule has 9 heteroatoms. The van der Waals surface area contributed by atoms with Crippen LogP contribution in [0.2, 0.25) is 0 Å². The van der Waals surface area contributed by atoms with Crippen LogP contribution in [0, 0.1) is 0 Å². The Morgan fingerprint density at radius 1 is 1.32 bits per heavy atom. The highest BCUT2D eigenvalue weighted by atomic mass is 32.1. The fourth-order valence-corrected chi connectivity index (χ4v) is 2.68. The fraction of sp³-hybridized carbons (Fsp3) is 0.312. The first-order valence-electron chi connectivity index (χ1n) is 7.77. The lowest BCUT2D eigenvalue weighted by atomic mass is 10.2. The third-order valence-electron chi connectivity index (χ3n) is 3.46. The molecule has 0 unspecified atom stereocenters. The van der Waals surface area contributed by atoms with Crippen LogP contribution in [0.15, 0.2) is 34.9 Å². The first-order valence-corrected chi connectivity index (χ1v) is 8.54. The number of hydrogen-bond donors (Lipinski definition) is 1. The molecule has 25 heavy (non-hydrogen) atoms. The lowest BCUT2D eigenvalue weighted by molar-refractivity contribution is 0.219. The first-order chi connectivity index (χ1) is 12.0. The Hall–Kier alpha value is -2.81. The molecule has 130 valence electrons. The number of nitrogens with zero attached hydrogens (tertiary/aromatic N) is 5. The summed E-state index contributed by atoms with van der Waals surface area (Å²) in [6, 6.07) is 9.29. The van der Waals surface area contributed by atoms with Gasteiger partial charge in [0.15, 0.2) is 5.82 Å². The number of anilines is 1. The average Bonchev–Trinajstić information content (AvgIpc) is 3.25. The highest BCUT2D eigenvalue weighted by Crippen LogP contribution is 2.28. The molecule has 2 aromatic heterocycles. The molecule has 2 amide bonds. The van der Waals surface area contributed by atoms with Crippen LogP contribution >= 0.6 is 11.5 Å². The second-order valence-corrected chi connectivity index (χ2v) is 6.56. The van der Waals surface area contributed by atoms with Crippen LogP contribution in [0.1, 0.15) is 31.5 Å². The van der Waals surface area contributed by atoms with Gasteiger partial charge in [0.1, 0.15) is 10.7 Å². The van der Waals surface area contributed by atoms with E-state index in [0.717, 1.165) is 17.1 Å². The van der Waals surface area contributed by atoms with Crippen molar-refractivity contribution < 1.29 is 9.32 Å². The summed E-state index contributed by atoms with van der Waals surface area (Å²) in [6.45, 7) is 4.18. The largest absolute Gasteiger partial charge is 0.339 e. The number of amides is 2. The number of nitrogens with one attached hydrogen (secondary N) is 1. The van der Waals surface area contributed by atoms with Gasteiger partial charge in [0.05, 0.1) is 6.54 Å². The minimum absolute atomic E-state index is 0.150. The Bertz CT molecular complexity index is 845. The molecule has 8 nitrogen and oxygen atoms in total. The van der Waals surface area contributed by atoms with Crippen molar-refractivity contribution in [1.82, 2.24) is 24.6 Å². The van der Waals surface area contributed by atoms with Gasteiger partial charge in [-0.2, -0.15) is 4.98 Å². The van der Waals surface area contributed by atoms with Crippen molar-refractivity contribution in [3.8, 4) is 11.3 Å². The third-order valence-corrected chi connectivity index (χ3v) is 4.10. The van der Waals surface area contributed by atoms with E-state index in [1.807, 2.05) is 44.2 Å². The Morgan fingerprint density at radius 3 is 2.76 bits per heavy atom. The zero-order valence-electron chi connectivity index (χ0n) is 14.1. The summed E-state index contributed by atoms with van der Waals surface area (Å²) in [5.41, 5.74) is 1.54. The molecule has 0 aliphatic carbocycles. The van der Waals surface area contributed by atoms with Crippen LogP contribution in [0.3, 0.4) is 0 Å². The van der Waals surface area contributed by atoms with Crippen LogP contribution in [-0.2, 0) is 6.54 Å². The van der Waals surface area contributed by atoms with Crippen molar-refractivity contribution >= 4 is 22.6 Å². The lowest BCUT2D eigenvalue weighted by Gasteiger charge is -2.15. The number of carbonyl (C=O) groups is 1. The van der Waals surface area contributed by atoms with E-state index in [1.54, 1.807) is 7.05 Å². The summed E-state index contributed by atoms with van der Waals surface area (Å²) >= 11 is 1.13. The Balaban J connectivity index is 1.67. The van der Waals surface area contributed by atoms with Crippen molar-refractivity contribution in [2.45, 2.75) is 26.3 Å². The third kappa shape index (κ3) is 4.00. The van der Waals surface area contributed by atoms with Gasteiger partial charge in [-0.3, -0.25) is 5.32 Å². The predicted octanol–water partition coefficient (Wildman–Crippen LogP) is 3.38. The van der Waals surface area contributed by atoms with Crippen molar-refractivity contribution in [3.05, 3.63) is 42.0 Å². The van der Waals surface area contributed by atoms with Gasteiger partial charge in [-0.15, -0.1) is 5.10 Å². The molecule has 2 heterocycles. The van der Waals surface area contributed by atoms with E-state index in [-0.39, 0.29) is 18.5 Å². The summed E-state index contributed by atoms with van der Waals surface area (Å²) in [4.78, 5) is 18.2. The molecule has 0 radical (unpaired) electrons. The molecule has 0 aliphatic rings. The topological polar surface area (TPSA) is 97.0 Å². The standard InChI is InChI=1S/C16H18N6O2S/c1-10(2)14-17-12(20-24-14)9-22(3)16(23)18-15-13(19-21-25-15)11-7-5-4-6-8-11/h4-8,10H,9H2,1-3H3,(H,18,23). The SMILES string of the molecule is CC(C)c1nc(CN(C)C(=O)Nc2snnc2-c2ccccc2)no1. The Kier molecular flexibility index (Phi) is 5.03. The zero-order valence-corrected chi connectivity index (χ0v) is 14.9. The second-order valence-electron chi connectivity index (χ2n) is 5.81. The van der Waals surface area contributed by atoms with E-state index in [9.17, 15) is 4.79 Å². The molecular formula is C16H18N6O2S. The molecule has 3 rings (SSSR count). The molecule has 0 atom stereocenters. The Labute approximate surface area is 149 Å². The van der Waals surface area contributed by atoms with Crippen molar-refractivity contribution in [2.75, 3.05) is 12.4 Å². The summed E-state index contributed by atoms with van der Waals surface area (Å²) in [5, 5.41) is 11.4. The highest BCUT2D eigenvalue weighted by Gasteiger charge is 2.18. The maximum Gasteiger partial charge on any atom is 0.322 e. The zero-order chi connectivity index (χ0) is 17.8. The molecule has 3 aromatic rings. The molecular weight excluding hydrogens is 340 g/mol. The number of hydrogen-bond acceptors (Lipinski definition) is 7. The van der Waals surface area contributed by atoms with Crippen molar-refractivity contribution in [3.63, 3.8) is 0 Å². The summed E-state index contributed by atoms with van der Waals surface area (Å²) in [6.07, 6.45) is 0. The maximum atomic E-state index is 12.4. The molecule has 0 aliphatic heterocycles. The summed E-state index contributed by atoms with van der Waals surface area (Å²) < 4.78 is 9.09. The number of rotatable bonds is 5. The maximum absolute atomic E-state index is 12.4. The molecule has 0 spiro atoms. The van der Waals surface area contributed by atoms with E-state index in [4.69, 9.17) is 4.52 Å². The van der Waals surface area contributed by atoms with Gasteiger partial charge in [0, 0.05) is 30.1 Å². The fourth-order valence-electron chi connectivity index (χ4n) is 2.10. The molecule has 0 bridgehead atoms. The van der Waals surface area contributed by atoms with Crippen LogP contribution in [0.4, 0.5) is 9.80 Å². The second kappa shape index (κ2) is 7.39. The van der Waals surface area contributed by atoms with E-state index >= 15 is 0 Å². The van der Waals surface area contributed by atoms with Crippen LogP contribution in [0.5, 0.6) is 0 Å². The molecule has 1 aromatic carbocycles. The van der Waals surface area contributed by atoms with Gasteiger partial charge in [0.2, 0.25) is 5.89 Å². The minimum Gasteiger partial charge on any atom is -0.339 e. The van der Waals surface area contributed by atoms with Crippen LogP contribution < -0.4 is 5.32 Å². The van der Waals surface area contributed by atoms with Gasteiger partial charge in [0.25, 0.3) is 0 Å². The molecule has 0 saturated heterocycles. The molecule has 1 N–H and O–H groups in total. The Morgan fingerprint density at radius 2 is 2.08 bits per heavy atom. The highest BCUT2D eigenvalue weighted by molar-refractivity contribution is 7.10. The van der Waals surface area contributed by atoms with E-state index in [1.165, 1.54) is 4.90 Å². The van der Waals surface area contributed by atoms with Crippen molar-refractivity contribution in [2.24, 2.45) is 0 Å². The number of benzene rings is 1. The molecule has 0 fully saturated rings. The van der Waals surface area contributed by atoms with E-state index < -0.39 is 0 Å². The number of urea groups is 1. The van der Waals surface area contributed by atoms with Crippen LogP contribution in [-0.4, -0.2) is 37.7 Å². The minimum atomic E-state index is -0.292. The van der Waals surface area contributed by atoms with Gasteiger partial charge < -0.3 is 9.42 Å². The van der Waals surface area contributed by atoms with E-state index in [2.05, 4.69) is 25.0 Å². The summed E-state index contributed by atoms with van der Waals surface area (Å²) in [7, 11) is 1.66. The van der Waals surface area contributed by atoms with Crippen molar-refractivity contribution in [1.29, 1.82) is 0 Å². The van der Waals surface area contributed by atoms with Gasteiger partial charge in [-0.1, -0.05) is 53.8 Å². The number of carbonyl (C=O) groups excluding carboxylic acids is 1. The van der Waals surface area contributed by atoms with E-state index in [0.29, 0.717) is 22.4 Å². The monoisotopic (exact) mass is 358 g/mol. The van der Waals surface area contributed by atoms with Gasteiger partial charge in [-0.25, -0.2) is 4.79 Å². The first kappa shape index (κ1) is 17.0. The lowest BCUT2D eigenvalue weighted by Crippen LogP contribution is -2.31. The predicted molar refractivity (Wildman–Crippen MR) is 94.2 cm³/mol.